The van der Waals surface area contributed by atoms with Gasteiger partial charge in [-0.15, -0.1) is 0 Å². The number of nitriles is 1. The van der Waals surface area contributed by atoms with E-state index in [0.717, 1.165) is 12.6 Å². The van der Waals surface area contributed by atoms with Crippen LogP contribution in [0.5, 0.6) is 0 Å². The number of likely N-dealkylation sites (tertiary alicyclic amines) is 1. The number of primary amides is 1. The summed E-state index contributed by atoms with van der Waals surface area (Å²) >= 11 is 0. The zero-order valence-corrected chi connectivity index (χ0v) is 16.2. The van der Waals surface area contributed by atoms with Crippen LogP contribution in [0.1, 0.15) is 31.9 Å². The predicted octanol–water partition coefficient (Wildman–Crippen LogP) is 1.33. The Hall–Kier alpha value is -3.08. The van der Waals surface area contributed by atoms with E-state index in [9.17, 15) is 14.9 Å². The molecular weight excluding hydrogens is 356 g/mol. The summed E-state index contributed by atoms with van der Waals surface area (Å²) < 4.78 is 0. The molecule has 1 aromatic rings. The van der Waals surface area contributed by atoms with Crippen molar-refractivity contribution in [1.29, 1.82) is 10.7 Å². The fourth-order valence-electron chi connectivity index (χ4n) is 3.96. The van der Waals surface area contributed by atoms with Crippen molar-refractivity contribution >= 4 is 23.7 Å². The number of aromatic amines is 1. The minimum absolute atomic E-state index is 0.0696. The molecule has 1 aromatic heterocycles. The summed E-state index contributed by atoms with van der Waals surface area (Å²) in [6.07, 6.45) is 4.77. The average Bonchev–Trinajstić information content (AvgIpc) is 3.31. The number of carbonyl (C=O) groups is 2. The zero-order valence-electron chi connectivity index (χ0n) is 16.2. The van der Waals surface area contributed by atoms with E-state index in [2.05, 4.69) is 18.0 Å². The van der Waals surface area contributed by atoms with Gasteiger partial charge in [-0.1, -0.05) is 6.92 Å². The van der Waals surface area contributed by atoms with E-state index < -0.39 is 11.3 Å². The van der Waals surface area contributed by atoms with Crippen LogP contribution in [0.15, 0.2) is 23.9 Å². The molecule has 0 radical (unpaired) electrons. The maximum atomic E-state index is 12.8. The van der Waals surface area contributed by atoms with E-state index in [1.165, 1.54) is 0 Å². The lowest BCUT2D eigenvalue weighted by Crippen LogP contribution is -2.53. The summed E-state index contributed by atoms with van der Waals surface area (Å²) in [6, 6.07) is 5.75. The molecule has 8 nitrogen and oxygen atoms in total. The Balaban J connectivity index is 1.92. The van der Waals surface area contributed by atoms with E-state index >= 15 is 0 Å². The van der Waals surface area contributed by atoms with Crippen LogP contribution in [0.25, 0.3) is 5.70 Å². The number of piperidine rings is 1. The number of nitrogens with one attached hydrogen (secondary N) is 2. The Morgan fingerprint density at radius 2 is 2.21 bits per heavy atom. The summed E-state index contributed by atoms with van der Waals surface area (Å²) in [6.45, 7) is 3.21. The van der Waals surface area contributed by atoms with Crippen LogP contribution in [0, 0.1) is 28.1 Å². The molecule has 0 bridgehead atoms. The Bertz CT molecular complexity index is 847. The summed E-state index contributed by atoms with van der Waals surface area (Å²) in [5.41, 5.74) is 6.02. The van der Waals surface area contributed by atoms with Gasteiger partial charge in [0, 0.05) is 38.6 Å². The van der Waals surface area contributed by atoms with E-state index in [0.29, 0.717) is 37.3 Å². The summed E-state index contributed by atoms with van der Waals surface area (Å²) in [4.78, 5) is 31.6. The van der Waals surface area contributed by atoms with E-state index in [1.54, 1.807) is 11.1 Å². The third kappa shape index (κ3) is 3.40. The number of carbonyl (C=O) groups excluding carboxylic acids is 2. The molecule has 1 aliphatic carbocycles. The number of amides is 2. The van der Waals surface area contributed by atoms with Gasteiger partial charge in [0.05, 0.1) is 23.0 Å². The van der Waals surface area contributed by atoms with E-state index in [1.807, 2.05) is 24.1 Å². The van der Waals surface area contributed by atoms with Crippen molar-refractivity contribution in [1.82, 2.24) is 14.8 Å². The van der Waals surface area contributed by atoms with Gasteiger partial charge in [0.2, 0.25) is 5.91 Å². The van der Waals surface area contributed by atoms with Gasteiger partial charge in [-0.25, -0.2) is 0 Å². The highest BCUT2D eigenvalue weighted by atomic mass is 16.2. The number of hydrogen-bond acceptors (Lipinski definition) is 5. The molecule has 2 fully saturated rings. The zero-order chi connectivity index (χ0) is 20.5. The van der Waals surface area contributed by atoms with Gasteiger partial charge >= 0.3 is 0 Å². The lowest BCUT2D eigenvalue weighted by molar-refractivity contribution is -0.137. The summed E-state index contributed by atoms with van der Waals surface area (Å²) in [7, 11) is 1.86. The van der Waals surface area contributed by atoms with Crippen LogP contribution in [-0.2, 0) is 9.59 Å². The second-order valence-corrected chi connectivity index (χ2v) is 7.74. The molecule has 2 amide bonds. The lowest BCUT2D eigenvalue weighted by Gasteiger charge is -2.44. The first kappa shape index (κ1) is 19.7. The SMILES string of the molecule is CC1CCN(C(=O)C2(C#N)CC2)CC1N(C)C(=C(C=N)C(N)=O)c1ccc[nH]1. The second-order valence-electron chi connectivity index (χ2n) is 7.74. The fourth-order valence-corrected chi connectivity index (χ4v) is 3.96. The van der Waals surface area contributed by atoms with E-state index in [-0.39, 0.29) is 23.4 Å². The molecule has 1 saturated carbocycles. The van der Waals surface area contributed by atoms with Crippen molar-refractivity contribution in [2.75, 3.05) is 20.1 Å². The van der Waals surface area contributed by atoms with Crippen molar-refractivity contribution in [3.05, 3.63) is 29.6 Å². The molecule has 2 atom stereocenters. The van der Waals surface area contributed by atoms with Gasteiger partial charge in [-0.2, -0.15) is 5.26 Å². The van der Waals surface area contributed by atoms with Crippen molar-refractivity contribution in [2.45, 2.75) is 32.2 Å². The first-order valence-corrected chi connectivity index (χ1v) is 9.46. The standard InChI is InChI=1S/C20H26N6O2/c1-13-5-9-26(19(28)20(12-22)6-7-20)11-16(13)25(2)17(14(10-21)18(23)27)15-4-3-8-24-15/h3-4,8,10,13,16,21,24H,5-7,9,11H2,1-2H3,(H2,23,27). The third-order valence-electron chi connectivity index (χ3n) is 5.95. The molecule has 1 aliphatic heterocycles. The monoisotopic (exact) mass is 382 g/mol. The Morgan fingerprint density at radius 3 is 2.71 bits per heavy atom. The molecule has 28 heavy (non-hydrogen) atoms. The number of rotatable bonds is 6. The predicted molar refractivity (Wildman–Crippen MR) is 105 cm³/mol. The first-order valence-electron chi connectivity index (χ1n) is 9.46. The highest BCUT2D eigenvalue weighted by Gasteiger charge is 2.53. The number of likely N-dealkylation sites (N-methyl/N-ethyl adjacent to an activating group) is 1. The number of nitrogens with zero attached hydrogens (tertiary/aromatic N) is 3. The summed E-state index contributed by atoms with van der Waals surface area (Å²) in [5.74, 6) is -0.506. The molecule has 8 heteroatoms. The smallest absolute Gasteiger partial charge is 0.252 e. The van der Waals surface area contributed by atoms with Crippen molar-refractivity contribution < 1.29 is 9.59 Å². The molecule has 2 unspecified atom stereocenters. The van der Waals surface area contributed by atoms with Crippen LogP contribution in [0.3, 0.4) is 0 Å². The highest BCUT2D eigenvalue weighted by molar-refractivity contribution is 6.16. The molecule has 1 saturated heterocycles. The average molecular weight is 382 g/mol. The minimum atomic E-state index is -0.838. The first-order chi connectivity index (χ1) is 13.3. The van der Waals surface area contributed by atoms with Crippen LogP contribution in [-0.4, -0.2) is 59.0 Å². The minimum Gasteiger partial charge on any atom is -0.367 e. The van der Waals surface area contributed by atoms with Crippen molar-refractivity contribution in [2.24, 2.45) is 17.1 Å². The van der Waals surface area contributed by atoms with Crippen molar-refractivity contribution in [3.8, 4) is 6.07 Å². The molecule has 148 valence electrons. The summed E-state index contributed by atoms with van der Waals surface area (Å²) in [5, 5.41) is 17.0. The van der Waals surface area contributed by atoms with Crippen LogP contribution in [0.2, 0.25) is 0 Å². The highest BCUT2D eigenvalue weighted by Crippen LogP contribution is 2.47. The molecule has 4 N–H and O–H groups in total. The maximum Gasteiger partial charge on any atom is 0.252 e. The quantitative estimate of drug-likeness (QED) is 0.506. The van der Waals surface area contributed by atoms with Gasteiger partial charge in [-0.3, -0.25) is 9.59 Å². The van der Waals surface area contributed by atoms with Crippen LogP contribution >= 0.6 is 0 Å². The van der Waals surface area contributed by atoms with Gasteiger partial charge < -0.3 is 25.9 Å². The lowest BCUT2D eigenvalue weighted by atomic mass is 9.90. The fraction of sp³-hybridized carbons (Fsp3) is 0.500. The van der Waals surface area contributed by atoms with E-state index in [4.69, 9.17) is 11.1 Å². The molecule has 2 heterocycles. The Labute approximate surface area is 164 Å². The topological polar surface area (TPSA) is 130 Å². The number of nitrogens with two attached hydrogens (primary N) is 1. The molecular formula is C20H26N6O2. The van der Waals surface area contributed by atoms with Gasteiger partial charge in [0.15, 0.2) is 0 Å². The molecule has 2 aliphatic rings. The van der Waals surface area contributed by atoms with Crippen LogP contribution < -0.4 is 5.73 Å². The molecule has 3 rings (SSSR count). The van der Waals surface area contributed by atoms with Crippen LogP contribution in [0.4, 0.5) is 0 Å². The van der Waals surface area contributed by atoms with Gasteiger partial charge in [-0.05, 0) is 37.3 Å². The van der Waals surface area contributed by atoms with Gasteiger partial charge in [0.1, 0.15) is 5.41 Å². The largest absolute Gasteiger partial charge is 0.367 e. The van der Waals surface area contributed by atoms with Gasteiger partial charge in [0.25, 0.3) is 5.91 Å². The number of aromatic nitrogens is 1. The normalized spacial score (nSPS) is 24.0. The maximum absolute atomic E-state index is 12.8. The Morgan fingerprint density at radius 1 is 1.50 bits per heavy atom. The third-order valence-corrected chi connectivity index (χ3v) is 5.95. The Kier molecular flexibility index (Phi) is 5.27. The second kappa shape index (κ2) is 7.50. The number of hydrogen-bond donors (Lipinski definition) is 3. The number of H-pyrrole nitrogens is 1. The molecule has 0 spiro atoms. The molecule has 0 aromatic carbocycles. The van der Waals surface area contributed by atoms with Crippen molar-refractivity contribution in [3.63, 3.8) is 0 Å².